The first-order valence-corrected chi connectivity index (χ1v) is 5.60. The molecule has 1 heterocycles. The van der Waals surface area contributed by atoms with Gasteiger partial charge in [-0.2, -0.15) is 0 Å². The van der Waals surface area contributed by atoms with Gasteiger partial charge in [0, 0.05) is 11.6 Å². The van der Waals surface area contributed by atoms with E-state index in [2.05, 4.69) is 44.0 Å². The van der Waals surface area contributed by atoms with Crippen LogP contribution in [0.5, 0.6) is 0 Å². The molecule has 0 N–H and O–H groups in total. The van der Waals surface area contributed by atoms with Crippen LogP contribution in [-0.4, -0.2) is 4.98 Å². The van der Waals surface area contributed by atoms with E-state index in [4.69, 9.17) is 0 Å². The van der Waals surface area contributed by atoms with Gasteiger partial charge in [0.25, 0.3) is 0 Å². The molecule has 0 amide bonds. The number of aromatic nitrogens is 1. The SMILES string of the molecule is CCc1cc(C(C)C)cc2ncccc12. The van der Waals surface area contributed by atoms with Crippen molar-refractivity contribution in [3.05, 3.63) is 41.6 Å². The third-order valence-electron chi connectivity index (χ3n) is 2.88. The Kier molecular flexibility index (Phi) is 2.72. The van der Waals surface area contributed by atoms with Gasteiger partial charge in [0.15, 0.2) is 0 Å². The zero-order valence-electron chi connectivity index (χ0n) is 9.62. The highest BCUT2D eigenvalue weighted by molar-refractivity contribution is 5.83. The largest absolute Gasteiger partial charge is 0.256 e. The molecule has 2 aromatic rings. The molecule has 2 rings (SSSR count). The summed E-state index contributed by atoms with van der Waals surface area (Å²) in [6.45, 7) is 6.65. The Labute approximate surface area is 91.2 Å². The van der Waals surface area contributed by atoms with Crippen LogP contribution in [0, 0.1) is 0 Å². The fourth-order valence-electron chi connectivity index (χ4n) is 1.91. The molecular weight excluding hydrogens is 182 g/mol. The third kappa shape index (κ3) is 1.87. The van der Waals surface area contributed by atoms with E-state index in [1.807, 2.05) is 12.3 Å². The standard InChI is InChI=1S/C14H17N/c1-4-11-8-12(10(2)3)9-14-13(11)6-5-7-15-14/h5-10H,4H2,1-3H3. The average molecular weight is 199 g/mol. The lowest BCUT2D eigenvalue weighted by Crippen LogP contribution is -1.93. The van der Waals surface area contributed by atoms with Gasteiger partial charge >= 0.3 is 0 Å². The lowest BCUT2D eigenvalue weighted by molar-refractivity contribution is 0.864. The summed E-state index contributed by atoms with van der Waals surface area (Å²) in [5.41, 5.74) is 3.92. The summed E-state index contributed by atoms with van der Waals surface area (Å²) in [6, 6.07) is 8.69. The van der Waals surface area contributed by atoms with E-state index >= 15 is 0 Å². The van der Waals surface area contributed by atoms with E-state index in [-0.39, 0.29) is 0 Å². The number of pyridine rings is 1. The quantitative estimate of drug-likeness (QED) is 0.714. The van der Waals surface area contributed by atoms with Crippen LogP contribution in [0.3, 0.4) is 0 Å². The van der Waals surface area contributed by atoms with Gasteiger partial charge in [-0.05, 0) is 35.6 Å². The average Bonchev–Trinajstić information content (AvgIpc) is 2.27. The molecule has 0 radical (unpaired) electrons. The van der Waals surface area contributed by atoms with Crippen LogP contribution < -0.4 is 0 Å². The molecule has 1 aromatic heterocycles. The molecule has 0 aliphatic carbocycles. The first-order chi connectivity index (χ1) is 7.22. The molecule has 0 saturated heterocycles. The Hall–Kier alpha value is -1.37. The minimum Gasteiger partial charge on any atom is -0.256 e. The maximum absolute atomic E-state index is 4.43. The molecule has 0 aliphatic rings. The fourth-order valence-corrected chi connectivity index (χ4v) is 1.91. The number of aryl methyl sites for hydroxylation is 1. The van der Waals surface area contributed by atoms with Gasteiger partial charge in [-0.25, -0.2) is 0 Å². The molecular formula is C14H17N. The second kappa shape index (κ2) is 4.01. The van der Waals surface area contributed by atoms with Gasteiger partial charge in [0.05, 0.1) is 5.52 Å². The highest BCUT2D eigenvalue weighted by atomic mass is 14.6. The number of hydrogen-bond acceptors (Lipinski definition) is 1. The van der Waals surface area contributed by atoms with Crippen LogP contribution in [0.4, 0.5) is 0 Å². The summed E-state index contributed by atoms with van der Waals surface area (Å²) >= 11 is 0. The Morgan fingerprint density at radius 2 is 2.07 bits per heavy atom. The van der Waals surface area contributed by atoms with E-state index < -0.39 is 0 Å². The molecule has 78 valence electrons. The van der Waals surface area contributed by atoms with Crippen molar-refractivity contribution in [2.45, 2.75) is 33.1 Å². The minimum atomic E-state index is 0.571. The molecule has 1 aromatic carbocycles. The van der Waals surface area contributed by atoms with Gasteiger partial charge in [-0.15, -0.1) is 0 Å². The van der Waals surface area contributed by atoms with Crippen LogP contribution >= 0.6 is 0 Å². The molecule has 0 spiro atoms. The predicted molar refractivity (Wildman–Crippen MR) is 65.2 cm³/mol. The van der Waals surface area contributed by atoms with Crippen molar-refractivity contribution >= 4 is 10.9 Å². The predicted octanol–water partition coefficient (Wildman–Crippen LogP) is 3.92. The van der Waals surface area contributed by atoms with Crippen LogP contribution in [0.2, 0.25) is 0 Å². The third-order valence-corrected chi connectivity index (χ3v) is 2.88. The van der Waals surface area contributed by atoms with Gasteiger partial charge in [-0.3, -0.25) is 4.98 Å². The summed E-state index contributed by atoms with van der Waals surface area (Å²) in [4.78, 5) is 4.43. The molecule has 0 saturated carbocycles. The van der Waals surface area contributed by atoms with Crippen molar-refractivity contribution in [2.75, 3.05) is 0 Å². The normalized spacial score (nSPS) is 11.2. The molecule has 0 atom stereocenters. The maximum Gasteiger partial charge on any atom is 0.0707 e. The molecule has 0 bridgehead atoms. The maximum atomic E-state index is 4.43. The Morgan fingerprint density at radius 3 is 2.73 bits per heavy atom. The van der Waals surface area contributed by atoms with Gasteiger partial charge in [0.2, 0.25) is 0 Å². The van der Waals surface area contributed by atoms with E-state index in [0.29, 0.717) is 5.92 Å². The lowest BCUT2D eigenvalue weighted by atomic mass is 9.96. The van der Waals surface area contributed by atoms with Crippen LogP contribution in [-0.2, 0) is 6.42 Å². The number of nitrogens with zero attached hydrogens (tertiary/aromatic N) is 1. The molecule has 0 aliphatic heterocycles. The number of benzene rings is 1. The van der Waals surface area contributed by atoms with Crippen molar-refractivity contribution in [1.29, 1.82) is 0 Å². The van der Waals surface area contributed by atoms with Gasteiger partial charge < -0.3 is 0 Å². The van der Waals surface area contributed by atoms with Crippen molar-refractivity contribution in [2.24, 2.45) is 0 Å². The van der Waals surface area contributed by atoms with Crippen LogP contribution in [0.15, 0.2) is 30.5 Å². The number of rotatable bonds is 2. The smallest absolute Gasteiger partial charge is 0.0707 e. The lowest BCUT2D eigenvalue weighted by Gasteiger charge is -2.10. The van der Waals surface area contributed by atoms with Crippen molar-refractivity contribution in [1.82, 2.24) is 4.98 Å². The van der Waals surface area contributed by atoms with Crippen LogP contribution in [0.1, 0.15) is 37.8 Å². The van der Waals surface area contributed by atoms with Gasteiger partial charge in [-0.1, -0.05) is 32.9 Å². The van der Waals surface area contributed by atoms with Crippen LogP contribution in [0.25, 0.3) is 10.9 Å². The van der Waals surface area contributed by atoms with E-state index in [9.17, 15) is 0 Å². The summed E-state index contributed by atoms with van der Waals surface area (Å²) in [6.07, 6.45) is 2.94. The first kappa shape index (κ1) is 10.2. The van der Waals surface area contributed by atoms with E-state index in [1.54, 1.807) is 0 Å². The minimum absolute atomic E-state index is 0.571. The monoisotopic (exact) mass is 199 g/mol. The van der Waals surface area contributed by atoms with Crippen molar-refractivity contribution < 1.29 is 0 Å². The Morgan fingerprint density at radius 1 is 1.27 bits per heavy atom. The summed E-state index contributed by atoms with van der Waals surface area (Å²) < 4.78 is 0. The molecule has 0 unspecified atom stereocenters. The highest BCUT2D eigenvalue weighted by Crippen LogP contribution is 2.24. The summed E-state index contributed by atoms with van der Waals surface area (Å²) in [7, 11) is 0. The van der Waals surface area contributed by atoms with E-state index in [0.717, 1.165) is 11.9 Å². The molecule has 15 heavy (non-hydrogen) atoms. The first-order valence-electron chi connectivity index (χ1n) is 5.60. The second-order valence-corrected chi connectivity index (χ2v) is 4.26. The fraction of sp³-hybridized carbons (Fsp3) is 0.357. The topological polar surface area (TPSA) is 12.9 Å². The van der Waals surface area contributed by atoms with Crippen molar-refractivity contribution in [3.8, 4) is 0 Å². The second-order valence-electron chi connectivity index (χ2n) is 4.26. The number of hydrogen-bond donors (Lipinski definition) is 0. The summed E-state index contributed by atoms with van der Waals surface area (Å²) in [5, 5.41) is 1.30. The molecule has 1 heteroatoms. The van der Waals surface area contributed by atoms with E-state index in [1.165, 1.54) is 16.5 Å². The Balaban J connectivity index is 2.71. The molecule has 0 fully saturated rings. The molecule has 1 nitrogen and oxygen atoms in total. The zero-order valence-corrected chi connectivity index (χ0v) is 9.62. The summed E-state index contributed by atoms with van der Waals surface area (Å²) in [5.74, 6) is 0.571. The van der Waals surface area contributed by atoms with Gasteiger partial charge in [0.1, 0.15) is 0 Å². The highest BCUT2D eigenvalue weighted by Gasteiger charge is 2.05. The number of fused-ring (bicyclic) bond motifs is 1. The Bertz CT molecular complexity index is 472. The van der Waals surface area contributed by atoms with Crippen molar-refractivity contribution in [3.63, 3.8) is 0 Å². The zero-order chi connectivity index (χ0) is 10.8.